The minimum atomic E-state index is 0.856. The van der Waals surface area contributed by atoms with Crippen LogP contribution in [0, 0.1) is 6.92 Å². The standard InChI is InChI=1S/C27H32N2/c1-5-18-29(19-22-12-9-8-10-13-22)20-25-16-17-26(28-21(25)4)27-23(6-2)14-11-15-24(27)7-3/h5,8-17H,1,6-7,18-20H2,2-4H3. The van der Waals surface area contributed by atoms with Crippen LogP contribution < -0.4 is 0 Å². The Hall–Kier alpha value is -2.71. The first-order valence-electron chi connectivity index (χ1n) is 10.6. The molecular weight excluding hydrogens is 352 g/mol. The van der Waals surface area contributed by atoms with Crippen LogP contribution >= 0.6 is 0 Å². The molecule has 150 valence electrons. The van der Waals surface area contributed by atoms with E-state index in [4.69, 9.17) is 4.98 Å². The summed E-state index contributed by atoms with van der Waals surface area (Å²) in [6, 6.07) is 21.7. The van der Waals surface area contributed by atoms with Crippen molar-refractivity contribution in [2.45, 2.75) is 46.7 Å². The molecule has 3 aromatic rings. The monoisotopic (exact) mass is 384 g/mol. The normalized spacial score (nSPS) is 11.0. The fourth-order valence-electron chi connectivity index (χ4n) is 3.92. The maximum Gasteiger partial charge on any atom is 0.0710 e. The Balaban J connectivity index is 1.86. The zero-order chi connectivity index (χ0) is 20.6. The van der Waals surface area contributed by atoms with E-state index in [1.165, 1.54) is 27.8 Å². The maximum absolute atomic E-state index is 5.03. The lowest BCUT2D eigenvalue weighted by molar-refractivity contribution is 0.285. The number of aryl methyl sites for hydroxylation is 3. The number of hydrogen-bond acceptors (Lipinski definition) is 2. The van der Waals surface area contributed by atoms with E-state index in [9.17, 15) is 0 Å². The predicted octanol–water partition coefficient (Wildman–Crippen LogP) is 6.37. The molecule has 0 aliphatic rings. The molecule has 0 fully saturated rings. The van der Waals surface area contributed by atoms with Gasteiger partial charge >= 0.3 is 0 Å². The SMILES string of the molecule is C=CCN(Cc1ccccc1)Cc1ccc(-c2c(CC)cccc2CC)nc1C. The Morgan fingerprint density at radius 1 is 0.828 bits per heavy atom. The molecular formula is C27H32N2. The molecule has 0 aliphatic heterocycles. The van der Waals surface area contributed by atoms with Gasteiger partial charge in [-0.2, -0.15) is 0 Å². The van der Waals surface area contributed by atoms with Gasteiger partial charge in [0.2, 0.25) is 0 Å². The smallest absolute Gasteiger partial charge is 0.0710 e. The van der Waals surface area contributed by atoms with Gasteiger partial charge in [0.15, 0.2) is 0 Å². The highest BCUT2D eigenvalue weighted by Gasteiger charge is 2.13. The summed E-state index contributed by atoms with van der Waals surface area (Å²) >= 11 is 0. The highest BCUT2D eigenvalue weighted by atomic mass is 15.1. The van der Waals surface area contributed by atoms with E-state index < -0.39 is 0 Å². The van der Waals surface area contributed by atoms with Gasteiger partial charge in [0.25, 0.3) is 0 Å². The number of hydrogen-bond donors (Lipinski definition) is 0. The lowest BCUT2D eigenvalue weighted by atomic mass is 9.94. The van der Waals surface area contributed by atoms with Crippen LogP contribution in [0.3, 0.4) is 0 Å². The molecule has 0 saturated carbocycles. The van der Waals surface area contributed by atoms with Gasteiger partial charge in [-0.15, -0.1) is 6.58 Å². The number of benzene rings is 2. The van der Waals surface area contributed by atoms with Crippen molar-refractivity contribution in [3.8, 4) is 11.3 Å². The van der Waals surface area contributed by atoms with Crippen molar-refractivity contribution in [1.29, 1.82) is 0 Å². The van der Waals surface area contributed by atoms with Crippen molar-refractivity contribution >= 4 is 0 Å². The van der Waals surface area contributed by atoms with Crippen LogP contribution in [-0.4, -0.2) is 16.4 Å². The fraction of sp³-hybridized carbons (Fsp3) is 0.296. The summed E-state index contributed by atoms with van der Waals surface area (Å²) in [7, 11) is 0. The quantitative estimate of drug-likeness (QED) is 0.398. The van der Waals surface area contributed by atoms with Crippen LogP contribution in [0.5, 0.6) is 0 Å². The van der Waals surface area contributed by atoms with Crippen LogP contribution in [0.1, 0.15) is 41.8 Å². The molecule has 2 nitrogen and oxygen atoms in total. The van der Waals surface area contributed by atoms with Crippen molar-refractivity contribution in [3.63, 3.8) is 0 Å². The molecule has 0 atom stereocenters. The van der Waals surface area contributed by atoms with E-state index in [1.54, 1.807) is 0 Å². The fourth-order valence-corrected chi connectivity index (χ4v) is 3.92. The number of aromatic nitrogens is 1. The van der Waals surface area contributed by atoms with Crippen molar-refractivity contribution in [2.24, 2.45) is 0 Å². The van der Waals surface area contributed by atoms with Crippen LogP contribution in [0.4, 0.5) is 0 Å². The number of pyridine rings is 1. The summed E-state index contributed by atoms with van der Waals surface area (Å²) in [6.45, 7) is 13.1. The lowest BCUT2D eigenvalue weighted by Crippen LogP contribution is -2.23. The molecule has 3 rings (SSSR count). The summed E-state index contributed by atoms with van der Waals surface area (Å²) in [5, 5.41) is 0. The molecule has 0 unspecified atom stereocenters. The zero-order valence-electron chi connectivity index (χ0n) is 18.0. The van der Waals surface area contributed by atoms with E-state index in [-0.39, 0.29) is 0 Å². The third-order valence-corrected chi connectivity index (χ3v) is 5.48. The summed E-state index contributed by atoms with van der Waals surface area (Å²) in [6.07, 6.45) is 4.02. The van der Waals surface area contributed by atoms with Gasteiger partial charge in [0.05, 0.1) is 5.69 Å². The second-order valence-corrected chi connectivity index (χ2v) is 7.54. The van der Waals surface area contributed by atoms with Crippen molar-refractivity contribution in [1.82, 2.24) is 9.88 Å². The minimum absolute atomic E-state index is 0.856. The number of rotatable bonds is 9. The van der Waals surface area contributed by atoms with Gasteiger partial charge < -0.3 is 0 Å². The maximum atomic E-state index is 5.03. The molecule has 0 radical (unpaired) electrons. The molecule has 0 amide bonds. The van der Waals surface area contributed by atoms with E-state index in [2.05, 4.69) is 92.9 Å². The second-order valence-electron chi connectivity index (χ2n) is 7.54. The van der Waals surface area contributed by atoms with Gasteiger partial charge in [-0.1, -0.05) is 74.5 Å². The van der Waals surface area contributed by atoms with Gasteiger partial charge in [-0.3, -0.25) is 9.88 Å². The summed E-state index contributed by atoms with van der Waals surface area (Å²) in [4.78, 5) is 7.43. The Morgan fingerprint density at radius 2 is 1.52 bits per heavy atom. The molecule has 29 heavy (non-hydrogen) atoms. The van der Waals surface area contributed by atoms with E-state index in [0.29, 0.717) is 0 Å². The molecule has 1 heterocycles. The molecule has 2 heteroatoms. The largest absolute Gasteiger partial charge is 0.291 e. The molecule has 0 aliphatic carbocycles. The topological polar surface area (TPSA) is 16.1 Å². The van der Waals surface area contributed by atoms with Crippen LogP contribution in [-0.2, 0) is 25.9 Å². The third kappa shape index (κ3) is 5.21. The predicted molar refractivity (Wildman–Crippen MR) is 124 cm³/mol. The van der Waals surface area contributed by atoms with Gasteiger partial charge in [-0.25, -0.2) is 0 Å². The van der Waals surface area contributed by atoms with Gasteiger partial charge in [0, 0.05) is 30.9 Å². The van der Waals surface area contributed by atoms with E-state index in [1.807, 2.05) is 6.08 Å². The molecule has 0 bridgehead atoms. The molecule has 2 aromatic carbocycles. The van der Waals surface area contributed by atoms with Gasteiger partial charge in [-0.05, 0) is 48.1 Å². The van der Waals surface area contributed by atoms with Crippen molar-refractivity contribution < 1.29 is 0 Å². The molecule has 1 aromatic heterocycles. The van der Waals surface area contributed by atoms with E-state index in [0.717, 1.165) is 43.9 Å². The Bertz CT molecular complexity index is 922. The van der Waals surface area contributed by atoms with Crippen LogP contribution in [0.15, 0.2) is 73.3 Å². The lowest BCUT2D eigenvalue weighted by Gasteiger charge is -2.22. The Labute approximate surface area is 175 Å². The first-order valence-corrected chi connectivity index (χ1v) is 10.6. The second kappa shape index (κ2) is 10.2. The average molecular weight is 385 g/mol. The zero-order valence-corrected chi connectivity index (χ0v) is 18.0. The first-order chi connectivity index (χ1) is 14.2. The summed E-state index contributed by atoms with van der Waals surface area (Å²) < 4.78 is 0. The minimum Gasteiger partial charge on any atom is -0.291 e. The Kier molecular flexibility index (Phi) is 7.37. The first kappa shape index (κ1) is 21.0. The van der Waals surface area contributed by atoms with Crippen molar-refractivity contribution in [2.75, 3.05) is 6.54 Å². The average Bonchev–Trinajstić information content (AvgIpc) is 2.75. The summed E-state index contributed by atoms with van der Waals surface area (Å²) in [5.74, 6) is 0. The number of nitrogens with zero attached hydrogens (tertiary/aromatic N) is 2. The summed E-state index contributed by atoms with van der Waals surface area (Å²) in [5.41, 5.74) is 8.87. The highest BCUT2D eigenvalue weighted by molar-refractivity contribution is 5.68. The molecule has 0 spiro atoms. The Morgan fingerprint density at radius 3 is 2.10 bits per heavy atom. The van der Waals surface area contributed by atoms with Crippen LogP contribution in [0.25, 0.3) is 11.3 Å². The third-order valence-electron chi connectivity index (χ3n) is 5.48. The van der Waals surface area contributed by atoms with Crippen molar-refractivity contribution in [3.05, 3.63) is 101 Å². The van der Waals surface area contributed by atoms with Gasteiger partial charge in [0.1, 0.15) is 0 Å². The van der Waals surface area contributed by atoms with Crippen LogP contribution in [0.2, 0.25) is 0 Å². The molecule has 0 N–H and O–H groups in total. The highest BCUT2D eigenvalue weighted by Crippen LogP contribution is 2.28. The van der Waals surface area contributed by atoms with E-state index >= 15 is 0 Å². The molecule has 0 saturated heterocycles.